The maximum Gasteiger partial charge on any atom is 0.329 e. The van der Waals surface area contributed by atoms with Crippen molar-refractivity contribution in [2.24, 2.45) is 0 Å². The smallest absolute Gasteiger partial charge is 0.329 e. The Bertz CT molecular complexity index is 926. The average Bonchev–Trinajstić information content (AvgIpc) is 3.12. The lowest BCUT2D eigenvalue weighted by Gasteiger charge is -2.35. The molecular weight excluding hydrogens is 382 g/mol. The molecule has 2 aromatic rings. The highest BCUT2D eigenvalue weighted by atomic mass is 19.3. The molecule has 1 fully saturated rings. The van der Waals surface area contributed by atoms with E-state index in [9.17, 15) is 18.4 Å². The van der Waals surface area contributed by atoms with Crippen molar-refractivity contribution in [3.8, 4) is 0 Å². The van der Waals surface area contributed by atoms with Gasteiger partial charge in [-0.3, -0.25) is 15.0 Å². The van der Waals surface area contributed by atoms with E-state index >= 15 is 0 Å². The Hall–Kier alpha value is -3.30. The fourth-order valence-electron chi connectivity index (χ4n) is 3.55. The zero-order chi connectivity index (χ0) is 20.5. The Kier molecular flexibility index (Phi) is 4.99. The minimum atomic E-state index is -2.68. The Morgan fingerprint density at radius 2 is 2.07 bits per heavy atom. The van der Waals surface area contributed by atoms with Crippen LogP contribution in [-0.2, 0) is 0 Å². The average molecular weight is 402 g/mol. The van der Waals surface area contributed by atoms with Crippen molar-refractivity contribution in [2.75, 3.05) is 28.2 Å². The van der Waals surface area contributed by atoms with Gasteiger partial charge in [-0.25, -0.2) is 23.5 Å². The monoisotopic (exact) mass is 402 g/mol. The van der Waals surface area contributed by atoms with Gasteiger partial charge in [-0.05, 0) is 37.6 Å². The summed E-state index contributed by atoms with van der Waals surface area (Å²) in [5.74, 6) is 0.0299. The van der Waals surface area contributed by atoms with E-state index in [-0.39, 0.29) is 11.7 Å². The minimum Gasteiger partial charge on any atom is -0.366 e. The number of amides is 3. The summed E-state index contributed by atoms with van der Waals surface area (Å²) in [6.07, 6.45) is -0.350. The summed E-state index contributed by atoms with van der Waals surface area (Å²) < 4.78 is 25.5. The normalized spacial score (nSPS) is 18.4. The maximum atomic E-state index is 13.0. The van der Waals surface area contributed by atoms with Crippen LogP contribution in [0.15, 0.2) is 36.5 Å². The van der Waals surface area contributed by atoms with Gasteiger partial charge in [0.1, 0.15) is 11.5 Å². The second-order valence-electron chi connectivity index (χ2n) is 7.04. The summed E-state index contributed by atoms with van der Waals surface area (Å²) in [6.45, 7) is 2.65. The molecule has 0 spiro atoms. The Labute approximate surface area is 165 Å². The van der Waals surface area contributed by atoms with E-state index in [1.165, 1.54) is 17.9 Å². The lowest BCUT2D eigenvalue weighted by Crippen LogP contribution is -2.48. The molecular formula is C19H20F2N6O2. The number of anilines is 3. The molecule has 8 nitrogen and oxygen atoms in total. The summed E-state index contributed by atoms with van der Waals surface area (Å²) in [5, 5.41) is 4.98. The lowest BCUT2D eigenvalue weighted by molar-refractivity contribution is 0.0776. The van der Waals surface area contributed by atoms with Gasteiger partial charge in [-0.2, -0.15) is 0 Å². The van der Waals surface area contributed by atoms with Crippen LogP contribution < -0.4 is 20.4 Å². The number of nitrogens with one attached hydrogen (secondary N) is 2. The third kappa shape index (κ3) is 3.69. The zero-order valence-electron chi connectivity index (χ0n) is 15.7. The van der Waals surface area contributed by atoms with Crippen molar-refractivity contribution in [2.45, 2.75) is 31.9 Å². The number of rotatable bonds is 4. The molecule has 4 heterocycles. The molecule has 0 radical (unpaired) electrons. The van der Waals surface area contributed by atoms with E-state index in [4.69, 9.17) is 0 Å². The van der Waals surface area contributed by atoms with Crippen LogP contribution in [0.25, 0.3) is 0 Å². The van der Waals surface area contributed by atoms with Crippen molar-refractivity contribution in [3.63, 3.8) is 0 Å². The van der Waals surface area contributed by atoms with Gasteiger partial charge in [0.25, 0.3) is 12.3 Å². The number of urea groups is 1. The highest BCUT2D eigenvalue weighted by Crippen LogP contribution is 2.39. The molecule has 1 saturated heterocycles. The number of carbonyl (C=O) groups is 2. The van der Waals surface area contributed by atoms with Gasteiger partial charge in [0, 0.05) is 19.3 Å². The zero-order valence-corrected chi connectivity index (χ0v) is 15.7. The molecule has 0 unspecified atom stereocenters. The Morgan fingerprint density at radius 3 is 2.79 bits per heavy atom. The molecule has 2 bridgehead atoms. The van der Waals surface area contributed by atoms with Crippen LogP contribution in [-0.4, -0.2) is 53.5 Å². The molecule has 0 aromatic carbocycles. The summed E-state index contributed by atoms with van der Waals surface area (Å²) in [6, 6.07) is 6.56. The van der Waals surface area contributed by atoms with Crippen LogP contribution in [0.1, 0.15) is 23.8 Å². The topological polar surface area (TPSA) is 90.5 Å². The van der Waals surface area contributed by atoms with Gasteiger partial charge >= 0.3 is 6.03 Å². The van der Waals surface area contributed by atoms with Gasteiger partial charge in [-0.1, -0.05) is 6.07 Å². The first kappa shape index (κ1) is 19.0. The van der Waals surface area contributed by atoms with E-state index in [0.29, 0.717) is 18.2 Å². The number of pyridine rings is 2. The van der Waals surface area contributed by atoms with Crippen molar-refractivity contribution >= 4 is 29.3 Å². The van der Waals surface area contributed by atoms with Gasteiger partial charge < -0.3 is 10.2 Å². The molecule has 10 heteroatoms. The first-order chi connectivity index (χ1) is 13.9. The van der Waals surface area contributed by atoms with Crippen LogP contribution in [0, 0.1) is 0 Å². The number of aromatic nitrogens is 2. The van der Waals surface area contributed by atoms with Crippen LogP contribution in [0.3, 0.4) is 0 Å². The Balaban J connectivity index is 1.63. The van der Waals surface area contributed by atoms with Crippen molar-refractivity contribution in [3.05, 3.63) is 42.2 Å². The molecule has 3 amide bonds. The van der Waals surface area contributed by atoms with E-state index in [2.05, 4.69) is 25.5 Å². The highest BCUT2D eigenvalue weighted by Gasteiger charge is 2.40. The molecule has 2 N–H and O–H groups in total. The number of hydrogen-bond acceptors (Lipinski definition) is 5. The number of nitrogens with zero attached hydrogens (tertiary/aromatic N) is 4. The molecule has 0 aliphatic carbocycles. The molecule has 2 aromatic heterocycles. The van der Waals surface area contributed by atoms with Gasteiger partial charge in [0.2, 0.25) is 0 Å². The van der Waals surface area contributed by atoms with E-state index in [1.807, 2.05) is 0 Å². The van der Waals surface area contributed by atoms with Gasteiger partial charge in [0.05, 0.1) is 17.8 Å². The molecule has 2 atom stereocenters. The van der Waals surface area contributed by atoms with Crippen LogP contribution in [0.5, 0.6) is 0 Å². The summed E-state index contributed by atoms with van der Waals surface area (Å²) >= 11 is 0. The van der Waals surface area contributed by atoms with Gasteiger partial charge in [-0.15, -0.1) is 0 Å². The van der Waals surface area contributed by atoms with Crippen molar-refractivity contribution < 1.29 is 18.4 Å². The van der Waals surface area contributed by atoms with Gasteiger partial charge in [0.15, 0.2) is 5.82 Å². The predicted molar refractivity (Wildman–Crippen MR) is 104 cm³/mol. The third-order valence-electron chi connectivity index (χ3n) is 5.04. The number of carbonyl (C=O) groups excluding carboxylic acids is 2. The van der Waals surface area contributed by atoms with Crippen molar-refractivity contribution in [1.82, 2.24) is 15.3 Å². The summed E-state index contributed by atoms with van der Waals surface area (Å²) in [4.78, 5) is 37.4. The van der Waals surface area contributed by atoms with E-state index < -0.39 is 24.4 Å². The van der Waals surface area contributed by atoms with Crippen molar-refractivity contribution in [1.29, 1.82) is 0 Å². The second kappa shape index (κ2) is 7.61. The minimum absolute atomic E-state index is 0.0191. The molecule has 0 saturated carbocycles. The Morgan fingerprint density at radius 1 is 1.24 bits per heavy atom. The first-order valence-corrected chi connectivity index (χ1v) is 9.30. The van der Waals surface area contributed by atoms with Crippen LogP contribution >= 0.6 is 0 Å². The van der Waals surface area contributed by atoms with Crippen LogP contribution in [0.4, 0.5) is 30.9 Å². The molecule has 2 aliphatic heterocycles. The number of hydrogen-bond donors (Lipinski definition) is 2. The lowest BCUT2D eigenvalue weighted by atomic mass is 10.1. The summed E-state index contributed by atoms with van der Waals surface area (Å²) in [5.41, 5.74) is 0.711. The first-order valence-electron chi connectivity index (χ1n) is 9.30. The molecule has 2 aliphatic rings. The predicted octanol–water partition coefficient (Wildman–Crippen LogP) is 2.49. The van der Waals surface area contributed by atoms with E-state index in [1.54, 1.807) is 30.5 Å². The second-order valence-corrected chi connectivity index (χ2v) is 7.04. The largest absolute Gasteiger partial charge is 0.366 e. The SMILES string of the molecule is C[C@@H](NC(=O)c1ccc2c(n1)N(C(=O)Nc1ccccn1)[C@H]1CCN2C1)C(F)F. The number of alkyl halides is 2. The number of halogens is 2. The van der Waals surface area contributed by atoms with Crippen LogP contribution in [0.2, 0.25) is 0 Å². The maximum absolute atomic E-state index is 13.0. The molecule has 29 heavy (non-hydrogen) atoms. The van der Waals surface area contributed by atoms with E-state index in [0.717, 1.165) is 18.7 Å². The standard InChI is InChI=1S/C19H20F2N6O2/c1-11(16(20)21)23-18(28)13-5-6-14-17(24-13)27(12-7-9-26(14)10-12)19(29)25-15-4-2-3-8-22-15/h2-6,8,11-12,16H,7,9-10H2,1H3,(H,23,28)(H,22,25,29)/t11-,12+/m1/s1. The third-order valence-corrected chi connectivity index (χ3v) is 5.04. The molecule has 152 valence electrons. The molecule has 4 rings (SSSR count). The highest BCUT2D eigenvalue weighted by molar-refractivity contribution is 6.05. The number of fused-ring (bicyclic) bond motifs is 4. The fraction of sp³-hybridized carbons (Fsp3) is 0.368. The fourth-order valence-corrected chi connectivity index (χ4v) is 3.55. The summed E-state index contributed by atoms with van der Waals surface area (Å²) in [7, 11) is 0. The quantitative estimate of drug-likeness (QED) is 0.820.